The molecule has 0 amide bonds. The molecule has 0 aliphatic heterocycles. The summed E-state index contributed by atoms with van der Waals surface area (Å²) in [6.07, 6.45) is -0.864. The van der Waals surface area contributed by atoms with Gasteiger partial charge in [-0.15, -0.1) is 0 Å². The van der Waals surface area contributed by atoms with Crippen LogP contribution in [-0.2, 0) is 0 Å². The van der Waals surface area contributed by atoms with Crippen LogP contribution in [0.15, 0.2) is 40.9 Å². The van der Waals surface area contributed by atoms with Crippen LogP contribution in [0.25, 0.3) is 0 Å². The minimum atomic E-state index is -0.864. The Morgan fingerprint density at radius 3 is 2.47 bits per heavy atom. The maximum atomic E-state index is 13.6. The Bertz CT molecular complexity index is 578. The molecule has 1 N–H and O–H groups in total. The van der Waals surface area contributed by atoms with Crippen LogP contribution in [0.2, 0.25) is 0 Å². The lowest BCUT2D eigenvalue weighted by Gasteiger charge is -2.14. The number of ether oxygens (including phenoxy) is 1. The number of benzene rings is 2. The van der Waals surface area contributed by atoms with E-state index in [4.69, 9.17) is 4.74 Å². The average Bonchev–Trinajstić information content (AvgIpc) is 2.36. The van der Waals surface area contributed by atoms with E-state index in [0.717, 1.165) is 15.6 Å². The molecule has 0 spiro atoms. The molecular weight excluding hydrogens is 311 g/mol. The van der Waals surface area contributed by atoms with Crippen molar-refractivity contribution < 1.29 is 14.2 Å². The Morgan fingerprint density at radius 1 is 1.16 bits per heavy atom. The zero-order chi connectivity index (χ0) is 14.0. The lowest BCUT2D eigenvalue weighted by atomic mass is 10.00. The molecule has 100 valence electrons. The predicted octanol–water partition coefficient (Wildman–Crippen LogP) is 3.99. The van der Waals surface area contributed by atoms with Crippen molar-refractivity contribution >= 4 is 15.9 Å². The minimum absolute atomic E-state index is 0.168. The van der Waals surface area contributed by atoms with E-state index in [9.17, 15) is 9.50 Å². The summed E-state index contributed by atoms with van der Waals surface area (Å²) in [6.45, 7) is 1.94. The normalized spacial score (nSPS) is 12.3. The van der Waals surface area contributed by atoms with Crippen molar-refractivity contribution in [1.82, 2.24) is 0 Å². The fourth-order valence-electron chi connectivity index (χ4n) is 1.97. The molecule has 1 unspecified atom stereocenters. The highest BCUT2D eigenvalue weighted by molar-refractivity contribution is 9.10. The first-order valence-corrected chi connectivity index (χ1v) is 6.59. The highest BCUT2D eigenvalue weighted by Gasteiger charge is 2.14. The molecule has 0 fully saturated rings. The first-order chi connectivity index (χ1) is 9.01. The van der Waals surface area contributed by atoms with Crippen LogP contribution in [0.4, 0.5) is 4.39 Å². The second-order valence-corrected chi connectivity index (χ2v) is 5.27. The molecule has 0 aromatic heterocycles. The van der Waals surface area contributed by atoms with Gasteiger partial charge >= 0.3 is 0 Å². The van der Waals surface area contributed by atoms with Gasteiger partial charge in [0.25, 0.3) is 0 Å². The van der Waals surface area contributed by atoms with Crippen LogP contribution in [0, 0.1) is 12.7 Å². The molecule has 19 heavy (non-hydrogen) atoms. The Labute approximate surface area is 120 Å². The van der Waals surface area contributed by atoms with Crippen LogP contribution >= 0.6 is 15.9 Å². The zero-order valence-electron chi connectivity index (χ0n) is 10.7. The first-order valence-electron chi connectivity index (χ1n) is 5.80. The highest BCUT2D eigenvalue weighted by Crippen LogP contribution is 2.28. The van der Waals surface area contributed by atoms with Crippen molar-refractivity contribution in [3.8, 4) is 5.75 Å². The van der Waals surface area contributed by atoms with E-state index in [0.29, 0.717) is 5.56 Å². The van der Waals surface area contributed by atoms with E-state index < -0.39 is 11.9 Å². The Kier molecular flexibility index (Phi) is 4.22. The van der Waals surface area contributed by atoms with Crippen LogP contribution in [0.3, 0.4) is 0 Å². The second-order valence-electron chi connectivity index (χ2n) is 4.36. The number of hydrogen-bond acceptors (Lipinski definition) is 2. The van der Waals surface area contributed by atoms with Gasteiger partial charge in [-0.25, -0.2) is 4.39 Å². The smallest absolute Gasteiger partial charge is 0.165 e. The Morgan fingerprint density at radius 2 is 1.89 bits per heavy atom. The molecule has 2 aromatic rings. The van der Waals surface area contributed by atoms with Gasteiger partial charge in [0, 0.05) is 4.47 Å². The topological polar surface area (TPSA) is 29.5 Å². The molecule has 0 bridgehead atoms. The van der Waals surface area contributed by atoms with E-state index >= 15 is 0 Å². The molecule has 2 aromatic carbocycles. The summed E-state index contributed by atoms with van der Waals surface area (Å²) >= 11 is 3.39. The van der Waals surface area contributed by atoms with Gasteiger partial charge in [-0.05, 0) is 47.9 Å². The molecule has 0 saturated heterocycles. The monoisotopic (exact) mass is 324 g/mol. The number of halogens is 2. The van der Waals surface area contributed by atoms with Crippen molar-refractivity contribution in [1.29, 1.82) is 0 Å². The summed E-state index contributed by atoms with van der Waals surface area (Å²) in [5, 5.41) is 10.3. The fraction of sp³-hybridized carbons (Fsp3) is 0.200. The number of aliphatic hydroxyl groups excluding tert-OH is 1. The lowest BCUT2D eigenvalue weighted by molar-refractivity contribution is 0.219. The van der Waals surface area contributed by atoms with E-state index in [1.165, 1.54) is 19.2 Å². The second kappa shape index (κ2) is 5.72. The van der Waals surface area contributed by atoms with Gasteiger partial charge < -0.3 is 9.84 Å². The SMILES string of the molecule is COc1ccc(C(O)c2cc(C)cc(Br)c2)cc1F. The molecule has 4 heteroatoms. The maximum absolute atomic E-state index is 13.6. The molecule has 2 rings (SSSR count). The zero-order valence-corrected chi connectivity index (χ0v) is 12.2. The van der Waals surface area contributed by atoms with Gasteiger partial charge in [0.1, 0.15) is 6.10 Å². The molecule has 0 heterocycles. The standard InChI is InChI=1S/C15H14BrFO2/c1-9-5-11(7-12(16)6-9)15(18)10-3-4-14(19-2)13(17)8-10/h3-8,15,18H,1-2H3. The molecule has 2 nitrogen and oxygen atoms in total. The van der Waals surface area contributed by atoms with Crippen molar-refractivity contribution in [2.75, 3.05) is 7.11 Å². The van der Waals surface area contributed by atoms with E-state index in [1.807, 2.05) is 25.1 Å². The number of aliphatic hydroxyl groups is 1. The predicted molar refractivity (Wildman–Crippen MR) is 75.9 cm³/mol. The van der Waals surface area contributed by atoms with Gasteiger partial charge in [-0.3, -0.25) is 0 Å². The van der Waals surface area contributed by atoms with Gasteiger partial charge in [-0.1, -0.05) is 28.1 Å². The third-order valence-corrected chi connectivity index (χ3v) is 3.33. The summed E-state index contributed by atoms with van der Waals surface area (Å²) < 4.78 is 19.4. The van der Waals surface area contributed by atoms with Crippen molar-refractivity contribution in [3.63, 3.8) is 0 Å². The number of aryl methyl sites for hydroxylation is 1. The Hall–Kier alpha value is -1.39. The van der Waals surface area contributed by atoms with Crippen LogP contribution in [-0.4, -0.2) is 12.2 Å². The maximum Gasteiger partial charge on any atom is 0.165 e. The van der Waals surface area contributed by atoms with Gasteiger partial charge in [0.2, 0.25) is 0 Å². The summed E-state index contributed by atoms with van der Waals surface area (Å²) in [4.78, 5) is 0. The summed E-state index contributed by atoms with van der Waals surface area (Å²) in [6, 6.07) is 10.1. The summed E-state index contributed by atoms with van der Waals surface area (Å²) in [5.41, 5.74) is 2.24. The molecule has 0 aliphatic rings. The third-order valence-electron chi connectivity index (χ3n) is 2.87. The van der Waals surface area contributed by atoms with Crippen molar-refractivity contribution in [2.24, 2.45) is 0 Å². The quantitative estimate of drug-likeness (QED) is 0.925. The van der Waals surface area contributed by atoms with E-state index in [1.54, 1.807) is 6.07 Å². The van der Waals surface area contributed by atoms with E-state index in [2.05, 4.69) is 15.9 Å². The minimum Gasteiger partial charge on any atom is -0.494 e. The van der Waals surface area contributed by atoms with Gasteiger partial charge in [-0.2, -0.15) is 0 Å². The highest BCUT2D eigenvalue weighted by atomic mass is 79.9. The van der Waals surface area contributed by atoms with Gasteiger partial charge in [0.15, 0.2) is 11.6 Å². The largest absolute Gasteiger partial charge is 0.494 e. The number of rotatable bonds is 3. The van der Waals surface area contributed by atoms with E-state index in [-0.39, 0.29) is 5.75 Å². The van der Waals surface area contributed by atoms with Crippen LogP contribution in [0.5, 0.6) is 5.75 Å². The molecule has 0 radical (unpaired) electrons. The summed E-state index contributed by atoms with van der Waals surface area (Å²) in [5.74, 6) is -0.313. The molecular formula is C15H14BrFO2. The third kappa shape index (κ3) is 3.14. The average molecular weight is 325 g/mol. The molecule has 0 saturated carbocycles. The number of hydrogen-bond donors (Lipinski definition) is 1. The van der Waals surface area contributed by atoms with Gasteiger partial charge in [0.05, 0.1) is 7.11 Å². The lowest BCUT2D eigenvalue weighted by Crippen LogP contribution is -2.01. The molecule has 1 atom stereocenters. The van der Waals surface area contributed by atoms with Crippen LogP contribution in [0.1, 0.15) is 22.8 Å². The Balaban J connectivity index is 2.38. The first kappa shape index (κ1) is 14.0. The van der Waals surface area contributed by atoms with Crippen LogP contribution < -0.4 is 4.74 Å². The van der Waals surface area contributed by atoms with Crippen molar-refractivity contribution in [2.45, 2.75) is 13.0 Å². The summed E-state index contributed by atoms with van der Waals surface area (Å²) in [7, 11) is 1.41. The molecule has 0 aliphatic carbocycles. The number of methoxy groups -OCH3 is 1. The fourth-order valence-corrected chi connectivity index (χ4v) is 2.59. The van der Waals surface area contributed by atoms with Crippen molar-refractivity contribution in [3.05, 3.63) is 63.4 Å².